The Morgan fingerprint density at radius 3 is 2.53 bits per heavy atom. The molecule has 2 rings (SSSR count). The average molecular weight is 286 g/mol. The highest BCUT2D eigenvalue weighted by molar-refractivity contribution is 7.12. The third-order valence-electron chi connectivity index (χ3n) is 2.73. The van der Waals surface area contributed by atoms with Gasteiger partial charge in [-0.15, -0.1) is 11.3 Å². The van der Waals surface area contributed by atoms with Gasteiger partial charge in [0.15, 0.2) is 0 Å². The van der Waals surface area contributed by atoms with Crippen LogP contribution in [0, 0.1) is 6.92 Å². The van der Waals surface area contributed by atoms with Crippen LogP contribution in [0.5, 0.6) is 0 Å². The van der Waals surface area contributed by atoms with Crippen LogP contribution in [0.25, 0.3) is 11.1 Å². The number of alkyl halides is 3. The molecule has 0 fully saturated rings. The smallest absolute Gasteiger partial charge is 0.416 e. The van der Waals surface area contributed by atoms with Crippen molar-refractivity contribution in [3.05, 3.63) is 45.6 Å². The van der Waals surface area contributed by atoms with Crippen LogP contribution in [-0.2, 0) is 6.18 Å². The molecule has 0 atom stereocenters. The largest absolute Gasteiger partial charge is 0.477 e. The van der Waals surface area contributed by atoms with E-state index in [0.717, 1.165) is 23.5 Å². The van der Waals surface area contributed by atoms with Gasteiger partial charge in [0, 0.05) is 0 Å². The van der Waals surface area contributed by atoms with E-state index in [4.69, 9.17) is 5.11 Å². The van der Waals surface area contributed by atoms with Gasteiger partial charge in [-0.05, 0) is 41.1 Å². The molecule has 1 N–H and O–H groups in total. The summed E-state index contributed by atoms with van der Waals surface area (Å²) >= 11 is 1.01. The highest BCUT2D eigenvalue weighted by Gasteiger charge is 2.30. The lowest BCUT2D eigenvalue weighted by Gasteiger charge is -2.08. The highest BCUT2D eigenvalue weighted by Crippen LogP contribution is 2.35. The van der Waals surface area contributed by atoms with Crippen molar-refractivity contribution >= 4 is 17.3 Å². The maximum Gasteiger partial charge on any atom is 0.416 e. The van der Waals surface area contributed by atoms with E-state index in [1.54, 1.807) is 12.3 Å². The molecule has 2 aromatic rings. The minimum absolute atomic E-state index is 0.146. The number of carboxylic acid groups (broad SMARTS) is 1. The zero-order chi connectivity index (χ0) is 14.2. The predicted octanol–water partition coefficient (Wildman–Crippen LogP) is 4.44. The predicted molar refractivity (Wildman–Crippen MR) is 66.5 cm³/mol. The molecule has 100 valence electrons. The molecule has 0 unspecified atom stereocenters. The molecule has 0 saturated heterocycles. The number of thiophene rings is 1. The van der Waals surface area contributed by atoms with E-state index < -0.39 is 17.7 Å². The summed E-state index contributed by atoms with van der Waals surface area (Å²) in [5.41, 5.74) is 0.633. The van der Waals surface area contributed by atoms with Crippen molar-refractivity contribution < 1.29 is 23.1 Å². The summed E-state index contributed by atoms with van der Waals surface area (Å²) in [4.78, 5) is 11.1. The van der Waals surface area contributed by atoms with Gasteiger partial charge in [0.1, 0.15) is 4.88 Å². The van der Waals surface area contributed by atoms with E-state index in [1.165, 1.54) is 12.1 Å². The summed E-state index contributed by atoms with van der Waals surface area (Å²) < 4.78 is 37.9. The normalized spacial score (nSPS) is 11.6. The minimum Gasteiger partial charge on any atom is -0.477 e. The molecule has 6 heteroatoms. The van der Waals surface area contributed by atoms with Gasteiger partial charge in [-0.25, -0.2) is 4.79 Å². The lowest BCUT2D eigenvalue weighted by atomic mass is 10.0. The molecule has 0 saturated carbocycles. The second-order valence-electron chi connectivity index (χ2n) is 3.99. The standard InChI is InChI=1S/C13H9F3O2S/c1-7-10(6-19-11(7)12(17)18)8-3-2-4-9(5-8)13(14,15)16/h2-6H,1H3,(H,17,18). The maximum absolute atomic E-state index is 12.6. The monoisotopic (exact) mass is 286 g/mol. The Kier molecular flexibility index (Phi) is 3.36. The van der Waals surface area contributed by atoms with Crippen molar-refractivity contribution in [2.24, 2.45) is 0 Å². The molecule has 0 aliphatic rings. The van der Waals surface area contributed by atoms with Gasteiger partial charge in [-0.3, -0.25) is 0 Å². The van der Waals surface area contributed by atoms with Crippen LogP contribution in [0.2, 0.25) is 0 Å². The van der Waals surface area contributed by atoms with Gasteiger partial charge in [-0.1, -0.05) is 12.1 Å². The van der Waals surface area contributed by atoms with Crippen LogP contribution in [0.4, 0.5) is 13.2 Å². The molecular formula is C13H9F3O2S. The van der Waals surface area contributed by atoms with Crippen LogP contribution in [0.3, 0.4) is 0 Å². The molecule has 0 aliphatic heterocycles. The van der Waals surface area contributed by atoms with Gasteiger partial charge in [-0.2, -0.15) is 13.2 Å². The van der Waals surface area contributed by atoms with Crippen LogP contribution in [0.15, 0.2) is 29.6 Å². The van der Waals surface area contributed by atoms with Crippen molar-refractivity contribution in [1.29, 1.82) is 0 Å². The molecule has 0 amide bonds. The molecule has 1 heterocycles. The molecule has 0 bridgehead atoms. The fourth-order valence-corrected chi connectivity index (χ4v) is 2.71. The molecular weight excluding hydrogens is 277 g/mol. The Hall–Kier alpha value is -1.82. The highest BCUT2D eigenvalue weighted by atomic mass is 32.1. The number of carboxylic acids is 1. The first-order valence-corrected chi connectivity index (χ1v) is 6.17. The number of carbonyl (C=O) groups is 1. The quantitative estimate of drug-likeness (QED) is 0.886. The van der Waals surface area contributed by atoms with Gasteiger partial charge < -0.3 is 5.11 Å². The van der Waals surface area contributed by atoms with Crippen LogP contribution in [0.1, 0.15) is 20.8 Å². The summed E-state index contributed by atoms with van der Waals surface area (Å²) in [7, 11) is 0. The van der Waals surface area contributed by atoms with Crippen LogP contribution >= 0.6 is 11.3 Å². The van der Waals surface area contributed by atoms with Crippen molar-refractivity contribution in [1.82, 2.24) is 0 Å². The fourth-order valence-electron chi connectivity index (χ4n) is 1.78. The lowest BCUT2D eigenvalue weighted by molar-refractivity contribution is -0.137. The summed E-state index contributed by atoms with van der Waals surface area (Å²) in [5.74, 6) is -1.07. The van der Waals surface area contributed by atoms with Crippen molar-refractivity contribution in [2.45, 2.75) is 13.1 Å². The molecule has 0 spiro atoms. The van der Waals surface area contributed by atoms with Crippen molar-refractivity contribution in [2.75, 3.05) is 0 Å². The van der Waals surface area contributed by atoms with Crippen molar-refractivity contribution in [3.63, 3.8) is 0 Å². The molecule has 0 radical (unpaired) electrons. The molecule has 1 aromatic carbocycles. The second-order valence-corrected chi connectivity index (χ2v) is 4.87. The molecule has 1 aromatic heterocycles. The van der Waals surface area contributed by atoms with E-state index in [-0.39, 0.29) is 4.88 Å². The summed E-state index contributed by atoms with van der Waals surface area (Å²) in [5, 5.41) is 10.5. The zero-order valence-electron chi connectivity index (χ0n) is 9.78. The van der Waals surface area contributed by atoms with E-state index in [9.17, 15) is 18.0 Å². The zero-order valence-corrected chi connectivity index (χ0v) is 10.6. The topological polar surface area (TPSA) is 37.3 Å². The SMILES string of the molecule is Cc1c(-c2cccc(C(F)(F)F)c2)csc1C(=O)O. The van der Waals surface area contributed by atoms with Gasteiger partial charge in [0.05, 0.1) is 5.56 Å². The Morgan fingerprint density at radius 1 is 1.32 bits per heavy atom. The minimum atomic E-state index is -4.41. The number of aromatic carboxylic acids is 1. The number of halogens is 3. The average Bonchev–Trinajstić information content (AvgIpc) is 2.70. The first-order valence-electron chi connectivity index (χ1n) is 5.29. The first kappa shape index (κ1) is 13.6. The third kappa shape index (κ3) is 2.63. The first-order chi connectivity index (χ1) is 8.80. The number of benzene rings is 1. The second kappa shape index (κ2) is 4.70. The summed E-state index contributed by atoms with van der Waals surface area (Å²) in [6, 6.07) is 4.87. The summed E-state index contributed by atoms with van der Waals surface area (Å²) in [6.45, 7) is 1.59. The molecule has 0 aliphatic carbocycles. The Labute approximate surface area is 111 Å². The maximum atomic E-state index is 12.6. The Morgan fingerprint density at radius 2 is 2.00 bits per heavy atom. The van der Waals surface area contributed by atoms with Crippen molar-refractivity contribution in [3.8, 4) is 11.1 Å². The summed E-state index contributed by atoms with van der Waals surface area (Å²) in [6.07, 6.45) is -4.41. The van der Waals surface area contributed by atoms with E-state index in [1.807, 2.05) is 0 Å². The van der Waals surface area contributed by atoms with Crippen LogP contribution < -0.4 is 0 Å². The lowest BCUT2D eigenvalue weighted by Crippen LogP contribution is -2.04. The Bertz CT molecular complexity index is 629. The number of rotatable bonds is 2. The Balaban J connectivity index is 2.51. The van der Waals surface area contributed by atoms with E-state index in [0.29, 0.717) is 16.7 Å². The van der Waals surface area contributed by atoms with Gasteiger partial charge >= 0.3 is 12.1 Å². The molecule has 2 nitrogen and oxygen atoms in total. The van der Waals surface area contributed by atoms with Gasteiger partial charge in [0.2, 0.25) is 0 Å². The van der Waals surface area contributed by atoms with E-state index >= 15 is 0 Å². The third-order valence-corrected chi connectivity index (χ3v) is 3.80. The van der Waals surface area contributed by atoms with Gasteiger partial charge in [0.25, 0.3) is 0 Å². The van der Waals surface area contributed by atoms with E-state index in [2.05, 4.69) is 0 Å². The molecule has 19 heavy (non-hydrogen) atoms. The fraction of sp³-hybridized carbons (Fsp3) is 0.154. The number of hydrogen-bond acceptors (Lipinski definition) is 2. The van der Waals surface area contributed by atoms with Crippen LogP contribution in [-0.4, -0.2) is 11.1 Å². The number of hydrogen-bond donors (Lipinski definition) is 1.